The van der Waals surface area contributed by atoms with Crippen molar-refractivity contribution in [3.05, 3.63) is 0 Å². The second kappa shape index (κ2) is 9.38. The van der Waals surface area contributed by atoms with Gasteiger partial charge in [0, 0.05) is 6.42 Å². The lowest BCUT2D eigenvalue weighted by Gasteiger charge is -2.39. The van der Waals surface area contributed by atoms with Crippen LogP contribution >= 0.6 is 0 Å². The van der Waals surface area contributed by atoms with Crippen molar-refractivity contribution < 1.29 is 19.0 Å². The summed E-state index contributed by atoms with van der Waals surface area (Å²) in [5.74, 6) is -0.140. The van der Waals surface area contributed by atoms with E-state index in [1.54, 1.807) is 0 Å². The monoisotopic (exact) mass is 301 g/mol. The van der Waals surface area contributed by atoms with E-state index in [4.69, 9.17) is 14.2 Å². The highest BCUT2D eigenvalue weighted by Crippen LogP contribution is 2.31. The van der Waals surface area contributed by atoms with Crippen LogP contribution in [-0.2, 0) is 19.0 Å². The van der Waals surface area contributed by atoms with Crippen molar-refractivity contribution in [1.82, 2.24) is 5.32 Å². The lowest BCUT2D eigenvalue weighted by atomic mass is 9.80. The third kappa shape index (κ3) is 5.93. The largest absolute Gasteiger partial charge is 0.465 e. The summed E-state index contributed by atoms with van der Waals surface area (Å²) in [6, 6.07) is 0. The molecule has 1 N–H and O–H groups in total. The van der Waals surface area contributed by atoms with Gasteiger partial charge in [0.2, 0.25) is 0 Å². The molecule has 21 heavy (non-hydrogen) atoms. The third-order valence-electron chi connectivity index (χ3n) is 3.78. The molecule has 5 nitrogen and oxygen atoms in total. The lowest BCUT2D eigenvalue weighted by Crippen LogP contribution is -2.57. The molecule has 124 valence electrons. The van der Waals surface area contributed by atoms with Gasteiger partial charge in [0.25, 0.3) is 0 Å². The smallest absolute Gasteiger partial charge is 0.326 e. The second-order valence-electron chi connectivity index (χ2n) is 5.84. The average Bonchev–Trinajstić information content (AvgIpc) is 2.44. The van der Waals surface area contributed by atoms with Crippen molar-refractivity contribution >= 4 is 5.97 Å². The van der Waals surface area contributed by atoms with Crippen molar-refractivity contribution in [2.75, 3.05) is 26.4 Å². The van der Waals surface area contributed by atoms with Crippen LogP contribution in [0, 0.1) is 0 Å². The van der Waals surface area contributed by atoms with Crippen molar-refractivity contribution in [3.8, 4) is 0 Å². The molecular formula is C16H31NO4. The van der Waals surface area contributed by atoms with Gasteiger partial charge in [0.05, 0.1) is 32.0 Å². The number of ether oxygens (including phenoxy) is 3. The van der Waals surface area contributed by atoms with E-state index in [2.05, 4.69) is 5.32 Å². The summed E-state index contributed by atoms with van der Waals surface area (Å²) in [4.78, 5) is 12.3. The molecule has 0 aromatic carbocycles. The van der Waals surface area contributed by atoms with Crippen molar-refractivity contribution in [2.24, 2.45) is 0 Å². The van der Waals surface area contributed by atoms with Crippen molar-refractivity contribution in [3.63, 3.8) is 0 Å². The first kappa shape index (κ1) is 18.4. The maximum atomic E-state index is 12.3. The van der Waals surface area contributed by atoms with Crippen molar-refractivity contribution in [2.45, 2.75) is 71.1 Å². The molecule has 0 spiro atoms. The van der Waals surface area contributed by atoms with Gasteiger partial charge in [-0.05, 0) is 46.6 Å². The Bertz CT molecular complexity index is 305. The zero-order chi connectivity index (χ0) is 15.7. The molecule has 1 aliphatic carbocycles. The molecule has 5 heteroatoms. The number of rotatable bonds is 9. The fourth-order valence-electron chi connectivity index (χ4n) is 2.89. The van der Waals surface area contributed by atoms with Crippen LogP contribution in [0.25, 0.3) is 0 Å². The summed E-state index contributed by atoms with van der Waals surface area (Å²) in [5, 5.41) is 3.34. The SMILES string of the molecule is CCNC1(C(=O)OCC)CCCC(OCCOC(C)C)C1. The summed E-state index contributed by atoms with van der Waals surface area (Å²) < 4.78 is 16.6. The average molecular weight is 301 g/mol. The minimum atomic E-state index is -0.577. The lowest BCUT2D eigenvalue weighted by molar-refractivity contribution is -0.155. The summed E-state index contributed by atoms with van der Waals surface area (Å²) in [5.41, 5.74) is -0.577. The first-order valence-corrected chi connectivity index (χ1v) is 8.19. The Hall–Kier alpha value is -0.650. The molecule has 1 saturated carbocycles. The number of hydrogen-bond donors (Lipinski definition) is 1. The highest BCUT2D eigenvalue weighted by atomic mass is 16.5. The highest BCUT2D eigenvalue weighted by Gasteiger charge is 2.43. The van der Waals surface area contributed by atoms with Crippen LogP contribution < -0.4 is 5.32 Å². The van der Waals surface area contributed by atoms with Crippen molar-refractivity contribution in [1.29, 1.82) is 0 Å². The van der Waals surface area contributed by atoms with E-state index < -0.39 is 5.54 Å². The molecule has 0 bridgehead atoms. The number of likely N-dealkylation sites (N-methyl/N-ethyl adjacent to an activating group) is 1. The number of carbonyl (C=O) groups excluding carboxylic acids is 1. The Morgan fingerprint density at radius 2 is 2.10 bits per heavy atom. The maximum Gasteiger partial charge on any atom is 0.326 e. The highest BCUT2D eigenvalue weighted by molar-refractivity contribution is 5.81. The molecule has 0 amide bonds. The van der Waals surface area contributed by atoms with E-state index in [9.17, 15) is 4.79 Å². The number of hydrogen-bond acceptors (Lipinski definition) is 5. The quantitative estimate of drug-likeness (QED) is 0.523. The summed E-state index contributed by atoms with van der Waals surface area (Å²) in [6.45, 7) is 10.2. The molecule has 0 saturated heterocycles. The molecule has 2 unspecified atom stereocenters. The number of nitrogens with one attached hydrogen (secondary N) is 1. The minimum absolute atomic E-state index is 0.0953. The Kier molecular flexibility index (Phi) is 8.22. The molecule has 1 rings (SSSR count). The first-order valence-electron chi connectivity index (χ1n) is 8.19. The Morgan fingerprint density at radius 1 is 1.33 bits per heavy atom. The van der Waals surface area contributed by atoms with Gasteiger partial charge >= 0.3 is 5.97 Å². The van der Waals surface area contributed by atoms with Gasteiger partial charge < -0.3 is 19.5 Å². The third-order valence-corrected chi connectivity index (χ3v) is 3.78. The van der Waals surface area contributed by atoms with Gasteiger partial charge in [-0.2, -0.15) is 0 Å². The van der Waals surface area contributed by atoms with Crippen LogP contribution in [0.15, 0.2) is 0 Å². The molecule has 1 aliphatic rings. The minimum Gasteiger partial charge on any atom is -0.465 e. The van der Waals surface area contributed by atoms with E-state index in [0.29, 0.717) is 26.2 Å². The molecule has 0 aromatic heterocycles. The van der Waals surface area contributed by atoms with Crippen LogP contribution in [0.1, 0.15) is 53.4 Å². The molecular weight excluding hydrogens is 270 g/mol. The van der Waals surface area contributed by atoms with Gasteiger partial charge in [0.1, 0.15) is 5.54 Å². The van der Waals surface area contributed by atoms with E-state index >= 15 is 0 Å². The van der Waals surface area contributed by atoms with E-state index in [0.717, 1.165) is 25.8 Å². The van der Waals surface area contributed by atoms with Crippen LogP contribution in [0.5, 0.6) is 0 Å². The zero-order valence-electron chi connectivity index (χ0n) is 13.9. The maximum absolute atomic E-state index is 12.3. The predicted molar refractivity (Wildman–Crippen MR) is 82.3 cm³/mol. The molecule has 1 fully saturated rings. The van der Waals surface area contributed by atoms with Gasteiger partial charge in [-0.25, -0.2) is 0 Å². The standard InChI is InChI=1S/C16H31NO4/c1-5-17-16(15(18)19-6-2)9-7-8-14(12-16)21-11-10-20-13(3)4/h13-14,17H,5-12H2,1-4H3. The summed E-state index contributed by atoms with van der Waals surface area (Å²) in [7, 11) is 0. The molecule has 0 aromatic rings. The fraction of sp³-hybridized carbons (Fsp3) is 0.938. The van der Waals surface area contributed by atoms with Crippen LogP contribution in [0.2, 0.25) is 0 Å². The first-order chi connectivity index (χ1) is 10.0. The van der Waals surface area contributed by atoms with Gasteiger partial charge in [-0.3, -0.25) is 4.79 Å². The fourth-order valence-corrected chi connectivity index (χ4v) is 2.89. The predicted octanol–water partition coefficient (Wildman–Crippen LogP) is 2.28. The van der Waals surface area contributed by atoms with Crippen LogP contribution in [0.3, 0.4) is 0 Å². The Labute approximate surface area is 128 Å². The van der Waals surface area contributed by atoms with E-state index in [1.807, 2.05) is 27.7 Å². The molecule has 0 aliphatic heterocycles. The van der Waals surface area contributed by atoms with Crippen LogP contribution in [-0.4, -0.2) is 50.1 Å². The second-order valence-corrected chi connectivity index (χ2v) is 5.84. The Morgan fingerprint density at radius 3 is 2.71 bits per heavy atom. The molecule has 2 atom stereocenters. The summed E-state index contributed by atoms with van der Waals surface area (Å²) in [6.07, 6.45) is 3.79. The number of esters is 1. The molecule has 0 heterocycles. The topological polar surface area (TPSA) is 56.8 Å². The van der Waals surface area contributed by atoms with Gasteiger partial charge in [-0.15, -0.1) is 0 Å². The van der Waals surface area contributed by atoms with E-state index in [1.165, 1.54) is 0 Å². The summed E-state index contributed by atoms with van der Waals surface area (Å²) >= 11 is 0. The zero-order valence-corrected chi connectivity index (χ0v) is 13.9. The molecule has 0 radical (unpaired) electrons. The van der Waals surface area contributed by atoms with Gasteiger partial charge in [-0.1, -0.05) is 6.92 Å². The van der Waals surface area contributed by atoms with Gasteiger partial charge in [0.15, 0.2) is 0 Å². The van der Waals surface area contributed by atoms with Crippen LogP contribution in [0.4, 0.5) is 0 Å². The van der Waals surface area contributed by atoms with E-state index in [-0.39, 0.29) is 18.2 Å². The Balaban J connectivity index is 2.51. The normalized spacial score (nSPS) is 26.0. The number of carbonyl (C=O) groups is 1.